The van der Waals surface area contributed by atoms with Gasteiger partial charge >= 0.3 is 0 Å². The van der Waals surface area contributed by atoms with Crippen LogP contribution in [0.2, 0.25) is 0 Å². The van der Waals surface area contributed by atoms with Crippen molar-refractivity contribution >= 4 is 22.8 Å². The standard InChI is InChI=1S/C18H21N5O/c1-11-16-18(23(22-11)15-5-3-4-6-15)21-17(20-16)13-7-9-14(10-8-13)19-12(2)24/h7-10,15H,3-6H2,1-2H3,(H,19,24)(H,20,21). The summed E-state index contributed by atoms with van der Waals surface area (Å²) < 4.78 is 2.10. The van der Waals surface area contributed by atoms with E-state index in [1.165, 1.54) is 32.6 Å². The second kappa shape index (κ2) is 5.78. The highest BCUT2D eigenvalue weighted by Crippen LogP contribution is 2.33. The quantitative estimate of drug-likeness (QED) is 0.769. The van der Waals surface area contributed by atoms with Gasteiger partial charge in [0.1, 0.15) is 11.3 Å². The maximum Gasteiger partial charge on any atom is 0.221 e. The van der Waals surface area contributed by atoms with E-state index in [2.05, 4.69) is 20.1 Å². The minimum absolute atomic E-state index is 0.0706. The summed E-state index contributed by atoms with van der Waals surface area (Å²) in [5.41, 5.74) is 4.74. The Balaban J connectivity index is 1.69. The van der Waals surface area contributed by atoms with Crippen LogP contribution < -0.4 is 5.32 Å². The largest absolute Gasteiger partial charge is 0.335 e. The van der Waals surface area contributed by atoms with Gasteiger partial charge in [-0.2, -0.15) is 5.10 Å². The summed E-state index contributed by atoms with van der Waals surface area (Å²) in [5.74, 6) is 0.769. The van der Waals surface area contributed by atoms with Crippen molar-refractivity contribution in [3.63, 3.8) is 0 Å². The Morgan fingerprint density at radius 3 is 2.62 bits per heavy atom. The van der Waals surface area contributed by atoms with Crippen molar-refractivity contribution < 1.29 is 4.79 Å². The molecule has 0 aliphatic heterocycles. The second-order valence-electron chi connectivity index (χ2n) is 6.51. The molecule has 0 spiro atoms. The highest BCUT2D eigenvalue weighted by atomic mass is 16.1. The fourth-order valence-electron chi connectivity index (χ4n) is 3.50. The molecule has 124 valence electrons. The number of amides is 1. The van der Waals surface area contributed by atoms with Crippen molar-refractivity contribution in [2.45, 2.75) is 45.6 Å². The van der Waals surface area contributed by atoms with Crippen LogP contribution in [0.3, 0.4) is 0 Å². The lowest BCUT2D eigenvalue weighted by Crippen LogP contribution is -2.07. The first-order valence-corrected chi connectivity index (χ1v) is 8.44. The average molecular weight is 323 g/mol. The SMILES string of the molecule is CC(=O)Nc1ccc(-c2nc3c([nH]2)c(C)nn3C2CCCC2)cc1. The van der Waals surface area contributed by atoms with E-state index in [-0.39, 0.29) is 5.91 Å². The van der Waals surface area contributed by atoms with Crippen LogP contribution in [0.25, 0.3) is 22.6 Å². The smallest absolute Gasteiger partial charge is 0.221 e. The Hall–Kier alpha value is -2.63. The van der Waals surface area contributed by atoms with E-state index in [0.29, 0.717) is 6.04 Å². The van der Waals surface area contributed by atoms with Gasteiger partial charge in [-0.25, -0.2) is 9.67 Å². The van der Waals surface area contributed by atoms with E-state index in [4.69, 9.17) is 4.98 Å². The highest BCUT2D eigenvalue weighted by Gasteiger charge is 2.23. The molecule has 24 heavy (non-hydrogen) atoms. The predicted molar refractivity (Wildman–Crippen MR) is 93.9 cm³/mol. The van der Waals surface area contributed by atoms with Crippen LogP contribution in [-0.4, -0.2) is 25.7 Å². The Labute approximate surface area is 140 Å². The van der Waals surface area contributed by atoms with Crippen LogP contribution in [0.1, 0.15) is 44.3 Å². The van der Waals surface area contributed by atoms with Crippen LogP contribution in [-0.2, 0) is 4.79 Å². The fraction of sp³-hybridized carbons (Fsp3) is 0.389. The first kappa shape index (κ1) is 14.9. The molecule has 2 heterocycles. The zero-order valence-electron chi connectivity index (χ0n) is 14.0. The van der Waals surface area contributed by atoms with E-state index in [9.17, 15) is 4.79 Å². The minimum atomic E-state index is -0.0706. The molecule has 2 N–H and O–H groups in total. The first-order valence-electron chi connectivity index (χ1n) is 8.44. The molecule has 0 atom stereocenters. The van der Waals surface area contributed by atoms with Crippen molar-refractivity contribution in [3.05, 3.63) is 30.0 Å². The number of aromatic nitrogens is 4. The number of H-pyrrole nitrogens is 1. The third-order valence-electron chi connectivity index (χ3n) is 4.67. The lowest BCUT2D eigenvalue weighted by molar-refractivity contribution is -0.114. The van der Waals surface area contributed by atoms with Crippen molar-refractivity contribution in [2.24, 2.45) is 0 Å². The van der Waals surface area contributed by atoms with Crippen molar-refractivity contribution in [3.8, 4) is 11.4 Å². The Bertz CT molecular complexity index is 884. The number of carbonyl (C=O) groups is 1. The molecule has 1 saturated carbocycles. The number of aromatic amines is 1. The molecule has 3 aromatic rings. The van der Waals surface area contributed by atoms with Gasteiger partial charge in [-0.05, 0) is 44.0 Å². The Morgan fingerprint density at radius 2 is 1.96 bits per heavy atom. The normalized spacial score (nSPS) is 15.2. The molecule has 0 bridgehead atoms. The van der Waals surface area contributed by atoms with E-state index in [0.717, 1.165) is 33.9 Å². The summed E-state index contributed by atoms with van der Waals surface area (Å²) in [6.45, 7) is 3.53. The Kier molecular flexibility index (Phi) is 3.59. The van der Waals surface area contributed by atoms with Crippen LogP contribution in [0.15, 0.2) is 24.3 Å². The number of carbonyl (C=O) groups excluding carboxylic acids is 1. The molecule has 0 radical (unpaired) electrons. The third-order valence-corrected chi connectivity index (χ3v) is 4.67. The number of nitrogens with zero attached hydrogens (tertiary/aromatic N) is 3. The lowest BCUT2D eigenvalue weighted by atomic mass is 10.2. The van der Waals surface area contributed by atoms with Gasteiger partial charge in [0.15, 0.2) is 5.65 Å². The third kappa shape index (κ3) is 2.58. The first-order chi connectivity index (χ1) is 11.6. The van der Waals surface area contributed by atoms with E-state index >= 15 is 0 Å². The van der Waals surface area contributed by atoms with Gasteiger partial charge < -0.3 is 10.3 Å². The summed E-state index contributed by atoms with van der Waals surface area (Å²) in [5, 5.41) is 7.47. The van der Waals surface area contributed by atoms with Crippen molar-refractivity contribution in [1.29, 1.82) is 0 Å². The number of hydrogen-bond donors (Lipinski definition) is 2. The summed E-state index contributed by atoms with van der Waals surface area (Å²) in [7, 11) is 0. The van der Waals surface area contributed by atoms with Crippen molar-refractivity contribution in [1.82, 2.24) is 19.7 Å². The van der Waals surface area contributed by atoms with Gasteiger partial charge in [0.2, 0.25) is 5.91 Å². The molecule has 1 amide bonds. The molecular formula is C18H21N5O. The minimum Gasteiger partial charge on any atom is -0.335 e. The average Bonchev–Trinajstić information content (AvgIpc) is 3.26. The van der Waals surface area contributed by atoms with Crippen LogP contribution in [0.4, 0.5) is 5.69 Å². The maximum atomic E-state index is 11.1. The zero-order valence-corrected chi connectivity index (χ0v) is 14.0. The second-order valence-corrected chi connectivity index (χ2v) is 6.51. The number of hydrogen-bond acceptors (Lipinski definition) is 3. The lowest BCUT2D eigenvalue weighted by Gasteiger charge is -2.09. The van der Waals surface area contributed by atoms with Crippen LogP contribution in [0, 0.1) is 6.92 Å². The number of imidazole rings is 1. The molecule has 0 unspecified atom stereocenters. The van der Waals surface area contributed by atoms with Crippen molar-refractivity contribution in [2.75, 3.05) is 5.32 Å². The van der Waals surface area contributed by atoms with Gasteiger partial charge in [-0.3, -0.25) is 4.79 Å². The summed E-state index contributed by atoms with van der Waals surface area (Å²) in [6, 6.07) is 8.18. The van der Waals surface area contributed by atoms with Gasteiger partial charge in [-0.1, -0.05) is 12.8 Å². The summed E-state index contributed by atoms with van der Waals surface area (Å²) in [6.07, 6.45) is 4.91. The highest BCUT2D eigenvalue weighted by molar-refractivity contribution is 5.89. The van der Waals surface area contributed by atoms with E-state index in [1.807, 2.05) is 31.2 Å². The number of fused-ring (bicyclic) bond motifs is 1. The number of aryl methyl sites for hydroxylation is 1. The summed E-state index contributed by atoms with van der Waals surface area (Å²) in [4.78, 5) is 19.3. The number of benzene rings is 1. The molecule has 1 aromatic carbocycles. The molecular weight excluding hydrogens is 302 g/mol. The maximum absolute atomic E-state index is 11.1. The molecule has 4 rings (SSSR count). The zero-order chi connectivity index (χ0) is 16.7. The van der Waals surface area contributed by atoms with Gasteiger partial charge in [0.05, 0.1) is 11.7 Å². The van der Waals surface area contributed by atoms with Gasteiger partial charge in [-0.15, -0.1) is 0 Å². The molecule has 6 nitrogen and oxygen atoms in total. The van der Waals surface area contributed by atoms with Gasteiger partial charge in [0.25, 0.3) is 0 Å². The number of nitrogens with one attached hydrogen (secondary N) is 2. The monoisotopic (exact) mass is 323 g/mol. The Morgan fingerprint density at radius 1 is 1.25 bits per heavy atom. The van der Waals surface area contributed by atoms with Crippen LogP contribution in [0.5, 0.6) is 0 Å². The molecule has 0 saturated heterocycles. The molecule has 2 aromatic heterocycles. The van der Waals surface area contributed by atoms with E-state index in [1.54, 1.807) is 0 Å². The van der Waals surface area contributed by atoms with Gasteiger partial charge in [0, 0.05) is 18.2 Å². The fourth-order valence-corrected chi connectivity index (χ4v) is 3.50. The number of anilines is 1. The molecule has 6 heteroatoms. The van der Waals surface area contributed by atoms with Crippen LogP contribution >= 0.6 is 0 Å². The topological polar surface area (TPSA) is 75.6 Å². The van der Waals surface area contributed by atoms with E-state index < -0.39 is 0 Å². The number of rotatable bonds is 3. The predicted octanol–water partition coefficient (Wildman–Crippen LogP) is 3.81. The molecule has 1 aliphatic rings. The molecule has 1 fully saturated rings. The molecule has 1 aliphatic carbocycles. The summed E-state index contributed by atoms with van der Waals surface area (Å²) >= 11 is 0.